The van der Waals surface area contributed by atoms with E-state index in [1.54, 1.807) is 38.2 Å². The number of hydrogen-bond acceptors (Lipinski definition) is 4. The van der Waals surface area contributed by atoms with Crippen LogP contribution in [0.25, 0.3) is 0 Å². The van der Waals surface area contributed by atoms with Crippen molar-refractivity contribution >= 4 is 11.9 Å². The molecule has 0 aliphatic heterocycles. The molecule has 0 saturated carbocycles. The van der Waals surface area contributed by atoms with E-state index in [2.05, 4.69) is 4.74 Å². The molecule has 5 nitrogen and oxygen atoms in total. The minimum absolute atomic E-state index is 0.148. The van der Waals surface area contributed by atoms with Crippen LogP contribution < -0.4 is 4.74 Å². The minimum atomic E-state index is -0.368. The van der Waals surface area contributed by atoms with Crippen molar-refractivity contribution in [1.29, 1.82) is 0 Å². The van der Waals surface area contributed by atoms with Gasteiger partial charge in [-0.25, -0.2) is 0 Å². The molecule has 2 aromatic rings. The van der Waals surface area contributed by atoms with Crippen molar-refractivity contribution < 1.29 is 19.1 Å². The second kappa shape index (κ2) is 8.87. The topological polar surface area (TPSA) is 55.8 Å². The van der Waals surface area contributed by atoms with Crippen LogP contribution in [0.3, 0.4) is 0 Å². The smallest absolute Gasteiger partial charge is 0.310 e. The van der Waals surface area contributed by atoms with E-state index in [0.717, 1.165) is 5.56 Å². The normalized spacial score (nSPS) is 11.5. The van der Waals surface area contributed by atoms with E-state index in [0.29, 0.717) is 24.5 Å². The molecule has 0 N–H and O–H groups in total. The fourth-order valence-electron chi connectivity index (χ4n) is 2.42. The van der Waals surface area contributed by atoms with Gasteiger partial charge >= 0.3 is 5.97 Å². The Morgan fingerprint density at radius 3 is 2.28 bits per heavy atom. The SMILES string of the molecule is COC(=O)C(C)CN(C)C(=O)c1ccc(OCc2ccccc2)cc1. The Bertz CT molecular complexity index is 697. The third-order valence-corrected chi connectivity index (χ3v) is 3.85. The van der Waals surface area contributed by atoms with Gasteiger partial charge < -0.3 is 14.4 Å². The summed E-state index contributed by atoms with van der Waals surface area (Å²) in [6.07, 6.45) is 0. The molecule has 0 spiro atoms. The van der Waals surface area contributed by atoms with E-state index in [1.165, 1.54) is 12.0 Å². The molecule has 0 aromatic heterocycles. The van der Waals surface area contributed by atoms with Crippen molar-refractivity contribution in [3.8, 4) is 5.75 Å². The first-order chi connectivity index (χ1) is 12.0. The Labute approximate surface area is 148 Å². The number of carbonyl (C=O) groups is 2. The number of nitrogens with zero attached hydrogens (tertiary/aromatic N) is 1. The van der Waals surface area contributed by atoms with Gasteiger partial charge in [0, 0.05) is 19.2 Å². The number of ether oxygens (including phenoxy) is 2. The van der Waals surface area contributed by atoms with Gasteiger partial charge in [0.2, 0.25) is 0 Å². The van der Waals surface area contributed by atoms with E-state index in [4.69, 9.17) is 4.74 Å². The monoisotopic (exact) mass is 341 g/mol. The molecule has 2 aromatic carbocycles. The number of carbonyl (C=O) groups excluding carboxylic acids is 2. The van der Waals surface area contributed by atoms with Crippen LogP contribution in [0.1, 0.15) is 22.8 Å². The van der Waals surface area contributed by atoms with Gasteiger partial charge in [-0.2, -0.15) is 0 Å². The first kappa shape index (κ1) is 18.5. The van der Waals surface area contributed by atoms with E-state index >= 15 is 0 Å². The highest BCUT2D eigenvalue weighted by Crippen LogP contribution is 2.16. The molecule has 132 valence electrons. The van der Waals surface area contributed by atoms with Crippen LogP contribution in [-0.4, -0.2) is 37.5 Å². The van der Waals surface area contributed by atoms with Crippen molar-refractivity contribution in [2.24, 2.45) is 5.92 Å². The van der Waals surface area contributed by atoms with Gasteiger partial charge in [-0.15, -0.1) is 0 Å². The predicted molar refractivity (Wildman–Crippen MR) is 95.4 cm³/mol. The van der Waals surface area contributed by atoms with Gasteiger partial charge in [0.15, 0.2) is 0 Å². The molecule has 0 radical (unpaired) electrons. The molecule has 2 rings (SSSR count). The lowest BCUT2D eigenvalue weighted by atomic mass is 10.1. The zero-order valence-electron chi connectivity index (χ0n) is 14.8. The Morgan fingerprint density at radius 1 is 1.04 bits per heavy atom. The van der Waals surface area contributed by atoms with Crippen molar-refractivity contribution in [2.45, 2.75) is 13.5 Å². The molecule has 1 amide bonds. The third kappa shape index (κ3) is 5.35. The summed E-state index contributed by atoms with van der Waals surface area (Å²) in [5, 5.41) is 0. The molecular formula is C20H23NO4. The molecule has 0 fully saturated rings. The Hall–Kier alpha value is -2.82. The highest BCUT2D eigenvalue weighted by molar-refractivity contribution is 5.94. The maximum Gasteiger partial charge on any atom is 0.310 e. The van der Waals surface area contributed by atoms with Crippen LogP contribution in [-0.2, 0) is 16.1 Å². The summed E-state index contributed by atoms with van der Waals surface area (Å²) >= 11 is 0. The Morgan fingerprint density at radius 2 is 1.68 bits per heavy atom. The van der Waals surface area contributed by atoms with Crippen molar-refractivity contribution in [1.82, 2.24) is 4.90 Å². The predicted octanol–water partition coefficient (Wildman–Crippen LogP) is 3.15. The summed E-state index contributed by atoms with van der Waals surface area (Å²) in [6.45, 7) is 2.51. The fraction of sp³-hybridized carbons (Fsp3) is 0.300. The van der Waals surface area contributed by atoms with E-state index < -0.39 is 0 Å². The maximum atomic E-state index is 12.4. The van der Waals surface area contributed by atoms with Gasteiger partial charge in [0.1, 0.15) is 12.4 Å². The average molecular weight is 341 g/mol. The van der Waals surface area contributed by atoms with Crippen molar-refractivity contribution in [2.75, 3.05) is 20.7 Å². The first-order valence-electron chi connectivity index (χ1n) is 8.11. The molecule has 5 heteroatoms. The van der Waals surface area contributed by atoms with Crippen LogP contribution in [0, 0.1) is 5.92 Å². The lowest BCUT2D eigenvalue weighted by Gasteiger charge is -2.20. The van der Waals surface area contributed by atoms with Gasteiger partial charge in [0.05, 0.1) is 13.0 Å². The van der Waals surface area contributed by atoms with Crippen LogP contribution in [0.15, 0.2) is 54.6 Å². The van der Waals surface area contributed by atoms with Crippen molar-refractivity contribution in [3.63, 3.8) is 0 Å². The zero-order chi connectivity index (χ0) is 18.2. The fourth-order valence-corrected chi connectivity index (χ4v) is 2.42. The molecular weight excluding hydrogens is 318 g/mol. The molecule has 0 bridgehead atoms. The largest absolute Gasteiger partial charge is 0.489 e. The first-order valence-corrected chi connectivity index (χ1v) is 8.11. The van der Waals surface area contributed by atoms with Gasteiger partial charge in [-0.05, 0) is 29.8 Å². The van der Waals surface area contributed by atoms with Crippen LogP contribution in [0.4, 0.5) is 0 Å². The molecule has 0 saturated heterocycles. The Kier molecular flexibility index (Phi) is 6.57. The molecule has 0 aliphatic rings. The summed E-state index contributed by atoms with van der Waals surface area (Å²) in [5.74, 6) is -0.145. The molecule has 1 atom stereocenters. The highest BCUT2D eigenvalue weighted by Gasteiger charge is 2.19. The zero-order valence-corrected chi connectivity index (χ0v) is 14.8. The number of hydrogen-bond donors (Lipinski definition) is 0. The summed E-state index contributed by atoms with van der Waals surface area (Å²) < 4.78 is 10.4. The van der Waals surface area contributed by atoms with Crippen LogP contribution in [0.5, 0.6) is 5.75 Å². The van der Waals surface area contributed by atoms with Gasteiger partial charge in [0.25, 0.3) is 5.91 Å². The number of benzene rings is 2. The third-order valence-electron chi connectivity index (χ3n) is 3.85. The maximum absolute atomic E-state index is 12.4. The second-order valence-electron chi connectivity index (χ2n) is 5.91. The Balaban J connectivity index is 1.92. The number of esters is 1. The number of amides is 1. The molecule has 1 unspecified atom stereocenters. The average Bonchev–Trinajstić information content (AvgIpc) is 2.66. The minimum Gasteiger partial charge on any atom is -0.489 e. The number of methoxy groups -OCH3 is 1. The number of rotatable bonds is 7. The van der Waals surface area contributed by atoms with Crippen LogP contribution in [0.2, 0.25) is 0 Å². The van der Waals surface area contributed by atoms with Crippen LogP contribution >= 0.6 is 0 Å². The van der Waals surface area contributed by atoms with Crippen molar-refractivity contribution in [3.05, 3.63) is 65.7 Å². The second-order valence-corrected chi connectivity index (χ2v) is 5.91. The van der Waals surface area contributed by atoms with E-state index in [9.17, 15) is 9.59 Å². The van der Waals surface area contributed by atoms with Gasteiger partial charge in [-0.3, -0.25) is 9.59 Å². The van der Waals surface area contributed by atoms with E-state index in [-0.39, 0.29) is 17.8 Å². The molecule has 0 aliphatic carbocycles. The standard InChI is InChI=1S/C20H23NO4/c1-15(20(23)24-3)13-21(2)19(22)17-9-11-18(12-10-17)25-14-16-7-5-4-6-8-16/h4-12,15H,13-14H2,1-3H3. The lowest BCUT2D eigenvalue weighted by molar-refractivity contribution is -0.145. The highest BCUT2D eigenvalue weighted by atomic mass is 16.5. The quantitative estimate of drug-likeness (QED) is 0.726. The summed E-state index contributed by atoms with van der Waals surface area (Å²) in [5.41, 5.74) is 1.63. The summed E-state index contributed by atoms with van der Waals surface area (Å²) in [4.78, 5) is 25.4. The van der Waals surface area contributed by atoms with E-state index in [1.807, 2.05) is 30.3 Å². The summed E-state index contributed by atoms with van der Waals surface area (Å²) in [6, 6.07) is 16.9. The summed E-state index contributed by atoms with van der Waals surface area (Å²) in [7, 11) is 3.01. The molecule has 25 heavy (non-hydrogen) atoms. The molecule has 0 heterocycles. The van der Waals surface area contributed by atoms with Gasteiger partial charge in [-0.1, -0.05) is 37.3 Å². The lowest BCUT2D eigenvalue weighted by Crippen LogP contribution is -2.34.